The Labute approximate surface area is 134 Å². The number of amides is 1. The van der Waals surface area contributed by atoms with E-state index in [2.05, 4.69) is 4.98 Å². The van der Waals surface area contributed by atoms with Gasteiger partial charge in [0.2, 0.25) is 10.0 Å². The molecule has 1 aromatic heterocycles. The lowest BCUT2D eigenvalue weighted by Crippen LogP contribution is -2.27. The standard InChI is InChI=1S/C16H15N3O3S/c17-23(21,22)14-5-4-13-7-9-19(15(13)10-14)16(20)6-3-12-2-1-8-18-11-12/h1-6,8,10-11H,7,9H2,(H2,17,21,22)/b6-3+. The third-order valence-corrected chi connectivity index (χ3v) is 4.56. The summed E-state index contributed by atoms with van der Waals surface area (Å²) in [5.74, 6) is -0.209. The van der Waals surface area contributed by atoms with E-state index in [9.17, 15) is 13.2 Å². The van der Waals surface area contributed by atoms with E-state index in [0.29, 0.717) is 18.7 Å². The van der Waals surface area contributed by atoms with Crippen LogP contribution in [0.25, 0.3) is 6.08 Å². The molecule has 0 spiro atoms. The Hall–Kier alpha value is -2.51. The second-order valence-electron chi connectivity index (χ2n) is 5.20. The van der Waals surface area contributed by atoms with Crippen molar-refractivity contribution >= 4 is 27.7 Å². The maximum atomic E-state index is 12.4. The first kappa shape index (κ1) is 15.4. The van der Waals surface area contributed by atoms with E-state index in [4.69, 9.17) is 5.14 Å². The van der Waals surface area contributed by atoms with Crippen LogP contribution in [0.15, 0.2) is 53.7 Å². The Morgan fingerprint density at radius 2 is 2.13 bits per heavy atom. The van der Waals surface area contributed by atoms with Crippen LogP contribution in [0.2, 0.25) is 0 Å². The van der Waals surface area contributed by atoms with E-state index in [1.54, 1.807) is 35.5 Å². The largest absolute Gasteiger partial charge is 0.308 e. The lowest BCUT2D eigenvalue weighted by molar-refractivity contribution is -0.114. The van der Waals surface area contributed by atoms with Crippen molar-refractivity contribution in [1.82, 2.24) is 4.98 Å². The summed E-state index contributed by atoms with van der Waals surface area (Å²) in [4.78, 5) is 17.9. The molecule has 2 heterocycles. The quantitative estimate of drug-likeness (QED) is 0.860. The van der Waals surface area contributed by atoms with Gasteiger partial charge in [-0.2, -0.15) is 0 Å². The highest BCUT2D eigenvalue weighted by molar-refractivity contribution is 7.89. The van der Waals surface area contributed by atoms with Gasteiger partial charge < -0.3 is 4.90 Å². The molecule has 0 atom stereocenters. The molecule has 1 aliphatic rings. The fourth-order valence-electron chi connectivity index (χ4n) is 2.50. The molecule has 0 saturated carbocycles. The highest BCUT2D eigenvalue weighted by Crippen LogP contribution is 2.30. The number of benzene rings is 1. The average Bonchev–Trinajstić information content (AvgIpc) is 2.96. The van der Waals surface area contributed by atoms with Crippen LogP contribution in [0, 0.1) is 0 Å². The van der Waals surface area contributed by atoms with Crippen molar-refractivity contribution in [2.75, 3.05) is 11.4 Å². The number of anilines is 1. The number of pyridine rings is 1. The summed E-state index contributed by atoms with van der Waals surface area (Å²) < 4.78 is 22.9. The number of primary sulfonamides is 1. The average molecular weight is 329 g/mol. The van der Waals surface area contributed by atoms with Crippen LogP contribution in [-0.2, 0) is 21.2 Å². The smallest absolute Gasteiger partial charge is 0.251 e. The predicted molar refractivity (Wildman–Crippen MR) is 87.1 cm³/mol. The van der Waals surface area contributed by atoms with Gasteiger partial charge in [-0.15, -0.1) is 0 Å². The Morgan fingerprint density at radius 1 is 1.30 bits per heavy atom. The lowest BCUT2D eigenvalue weighted by atomic mass is 10.2. The normalized spacial score (nSPS) is 14.2. The summed E-state index contributed by atoms with van der Waals surface area (Å²) in [6, 6.07) is 8.25. The number of sulfonamides is 1. The molecule has 7 heteroatoms. The van der Waals surface area contributed by atoms with Crippen molar-refractivity contribution in [1.29, 1.82) is 0 Å². The van der Waals surface area contributed by atoms with Crippen LogP contribution < -0.4 is 10.0 Å². The van der Waals surface area contributed by atoms with Crippen molar-refractivity contribution < 1.29 is 13.2 Å². The van der Waals surface area contributed by atoms with Crippen LogP contribution in [-0.4, -0.2) is 25.9 Å². The van der Waals surface area contributed by atoms with Gasteiger partial charge >= 0.3 is 0 Å². The summed E-state index contributed by atoms with van der Waals surface area (Å²) >= 11 is 0. The zero-order chi connectivity index (χ0) is 16.4. The molecule has 1 amide bonds. The molecule has 3 rings (SSSR count). The molecule has 6 nitrogen and oxygen atoms in total. The Kier molecular flexibility index (Phi) is 3.97. The maximum Gasteiger partial charge on any atom is 0.251 e. The third-order valence-electron chi connectivity index (χ3n) is 3.65. The van der Waals surface area contributed by atoms with E-state index in [-0.39, 0.29) is 10.8 Å². The van der Waals surface area contributed by atoms with E-state index in [1.807, 2.05) is 6.07 Å². The topological polar surface area (TPSA) is 93.4 Å². The molecule has 0 aliphatic carbocycles. The fraction of sp³-hybridized carbons (Fsp3) is 0.125. The van der Waals surface area contributed by atoms with Crippen LogP contribution in [0.5, 0.6) is 0 Å². The van der Waals surface area contributed by atoms with Crippen molar-refractivity contribution in [3.05, 3.63) is 59.9 Å². The first-order valence-corrected chi connectivity index (χ1v) is 8.55. The summed E-state index contributed by atoms with van der Waals surface area (Å²) in [5, 5.41) is 5.15. The molecule has 0 saturated heterocycles. The molecule has 0 bridgehead atoms. The number of carbonyl (C=O) groups is 1. The van der Waals surface area contributed by atoms with Crippen LogP contribution in [0.3, 0.4) is 0 Å². The van der Waals surface area contributed by atoms with Crippen molar-refractivity contribution in [3.8, 4) is 0 Å². The highest BCUT2D eigenvalue weighted by atomic mass is 32.2. The minimum atomic E-state index is -3.79. The molecule has 0 fully saturated rings. The third kappa shape index (κ3) is 3.30. The second kappa shape index (κ2) is 5.94. The van der Waals surface area contributed by atoms with Gasteiger partial charge in [0, 0.05) is 30.7 Å². The molecule has 2 N–H and O–H groups in total. The van der Waals surface area contributed by atoms with Gasteiger partial charge in [-0.05, 0) is 41.8 Å². The van der Waals surface area contributed by atoms with Gasteiger partial charge in [0.05, 0.1) is 4.90 Å². The van der Waals surface area contributed by atoms with Crippen LogP contribution in [0.1, 0.15) is 11.1 Å². The van der Waals surface area contributed by atoms with Crippen molar-refractivity contribution in [3.63, 3.8) is 0 Å². The summed E-state index contributed by atoms with van der Waals surface area (Å²) in [5.41, 5.74) is 2.34. The minimum Gasteiger partial charge on any atom is -0.308 e. The van der Waals surface area contributed by atoms with Crippen molar-refractivity contribution in [2.45, 2.75) is 11.3 Å². The van der Waals surface area contributed by atoms with Crippen LogP contribution in [0.4, 0.5) is 5.69 Å². The number of fused-ring (bicyclic) bond motifs is 1. The maximum absolute atomic E-state index is 12.4. The zero-order valence-corrected chi connectivity index (χ0v) is 13.0. The van der Waals surface area contributed by atoms with E-state index >= 15 is 0 Å². The minimum absolute atomic E-state index is 0.00666. The Bertz CT molecular complexity index is 877. The number of nitrogens with two attached hydrogens (primary N) is 1. The van der Waals surface area contributed by atoms with Gasteiger partial charge in [-0.25, -0.2) is 13.6 Å². The summed E-state index contributed by atoms with van der Waals surface area (Å²) in [7, 11) is -3.79. The van der Waals surface area contributed by atoms with E-state index in [1.165, 1.54) is 18.2 Å². The molecule has 0 unspecified atom stereocenters. The van der Waals surface area contributed by atoms with E-state index in [0.717, 1.165) is 11.1 Å². The van der Waals surface area contributed by atoms with Gasteiger partial charge in [0.15, 0.2) is 0 Å². The Morgan fingerprint density at radius 3 is 2.83 bits per heavy atom. The molecule has 1 aromatic carbocycles. The zero-order valence-electron chi connectivity index (χ0n) is 12.2. The molecule has 2 aromatic rings. The number of hydrogen-bond acceptors (Lipinski definition) is 4. The molecular weight excluding hydrogens is 314 g/mol. The van der Waals surface area contributed by atoms with Gasteiger partial charge in [-0.3, -0.25) is 9.78 Å². The lowest BCUT2D eigenvalue weighted by Gasteiger charge is -2.15. The first-order valence-electron chi connectivity index (χ1n) is 7.00. The predicted octanol–water partition coefficient (Wildman–Crippen LogP) is 1.33. The number of hydrogen-bond donors (Lipinski definition) is 1. The Balaban J connectivity index is 1.87. The molecule has 1 aliphatic heterocycles. The van der Waals surface area contributed by atoms with Crippen molar-refractivity contribution in [2.24, 2.45) is 5.14 Å². The monoisotopic (exact) mass is 329 g/mol. The van der Waals surface area contributed by atoms with Gasteiger partial charge in [0.1, 0.15) is 0 Å². The number of aromatic nitrogens is 1. The highest BCUT2D eigenvalue weighted by Gasteiger charge is 2.24. The second-order valence-corrected chi connectivity index (χ2v) is 6.76. The van der Waals surface area contributed by atoms with Gasteiger partial charge in [-0.1, -0.05) is 12.1 Å². The fourth-order valence-corrected chi connectivity index (χ4v) is 3.03. The van der Waals surface area contributed by atoms with E-state index < -0.39 is 10.0 Å². The summed E-state index contributed by atoms with van der Waals surface area (Å²) in [6.07, 6.45) is 7.13. The summed E-state index contributed by atoms with van der Waals surface area (Å²) in [6.45, 7) is 0.514. The SMILES string of the molecule is NS(=O)(=O)c1ccc2c(c1)N(C(=O)/C=C/c1cccnc1)CC2. The molecule has 0 radical (unpaired) electrons. The van der Waals surface area contributed by atoms with Gasteiger partial charge in [0.25, 0.3) is 5.91 Å². The number of nitrogens with zero attached hydrogens (tertiary/aromatic N) is 2. The number of rotatable bonds is 3. The number of carbonyl (C=O) groups excluding carboxylic acids is 1. The molecule has 23 heavy (non-hydrogen) atoms. The van der Waals surface area contributed by atoms with Crippen LogP contribution >= 0.6 is 0 Å². The molecule has 118 valence electrons. The first-order chi connectivity index (χ1) is 10.9. The molecular formula is C16H15N3O3S.